The molecule has 0 radical (unpaired) electrons. The van der Waals surface area contributed by atoms with E-state index in [1.54, 1.807) is 10.6 Å². The van der Waals surface area contributed by atoms with Gasteiger partial charge in [-0.1, -0.05) is 74.0 Å². The summed E-state index contributed by atoms with van der Waals surface area (Å²) in [6, 6.07) is 20.8. The zero-order valence-electron chi connectivity index (χ0n) is 19.3. The average molecular weight is 476 g/mol. The van der Waals surface area contributed by atoms with Gasteiger partial charge in [0.25, 0.3) is 0 Å². The number of halogens is 1. The fourth-order valence-corrected chi connectivity index (χ4v) is 4.04. The summed E-state index contributed by atoms with van der Waals surface area (Å²) in [5.74, 6) is 0.296. The molecule has 0 atom stereocenters. The number of hydrogen-bond donors (Lipinski definition) is 1. The van der Waals surface area contributed by atoms with E-state index >= 15 is 0 Å². The largest absolute Gasteiger partial charge is 0.493 e. The summed E-state index contributed by atoms with van der Waals surface area (Å²) in [7, 11) is 0. The van der Waals surface area contributed by atoms with E-state index < -0.39 is 5.91 Å². The topological polar surface area (TPSA) is 76.2 Å². The number of rotatable bonds is 7. The molecule has 4 rings (SSSR count). The van der Waals surface area contributed by atoms with Crippen molar-refractivity contribution in [3.63, 3.8) is 0 Å². The van der Waals surface area contributed by atoms with E-state index in [1.165, 1.54) is 0 Å². The minimum Gasteiger partial charge on any atom is -0.493 e. The lowest BCUT2D eigenvalue weighted by Gasteiger charge is -2.13. The van der Waals surface area contributed by atoms with Gasteiger partial charge in [-0.3, -0.25) is 4.79 Å². The molecular weight excluding hydrogens is 450 g/mol. The number of aromatic nitrogens is 1. The van der Waals surface area contributed by atoms with Crippen LogP contribution in [0.5, 0.6) is 11.6 Å². The second kappa shape index (κ2) is 10.1. The van der Waals surface area contributed by atoms with Gasteiger partial charge in [-0.05, 0) is 47.7 Å². The van der Waals surface area contributed by atoms with E-state index in [1.807, 2.05) is 67.6 Å². The lowest BCUT2D eigenvalue weighted by Crippen LogP contribution is -2.09. The number of ether oxygens (including phenoxy) is 1. The van der Waals surface area contributed by atoms with Gasteiger partial charge in [0, 0.05) is 10.4 Å². The quantitative estimate of drug-likeness (QED) is 0.288. The first kappa shape index (κ1) is 23.5. The Morgan fingerprint density at radius 1 is 1.09 bits per heavy atom. The Bertz CT molecular complexity index is 1380. The van der Waals surface area contributed by atoms with Gasteiger partial charge in [0.15, 0.2) is 12.3 Å². The van der Waals surface area contributed by atoms with Crippen LogP contribution in [0.25, 0.3) is 10.9 Å². The first-order valence-corrected chi connectivity index (χ1v) is 11.4. The fourth-order valence-electron chi connectivity index (χ4n) is 3.84. The van der Waals surface area contributed by atoms with Gasteiger partial charge in [0.2, 0.25) is 5.88 Å². The second-order valence-corrected chi connectivity index (χ2v) is 8.85. The van der Waals surface area contributed by atoms with E-state index in [-0.39, 0.29) is 24.1 Å². The molecule has 0 aliphatic heterocycles. The highest BCUT2D eigenvalue weighted by Gasteiger charge is 2.18. The number of benzene rings is 3. The van der Waals surface area contributed by atoms with Crippen molar-refractivity contribution in [3.05, 3.63) is 88.4 Å². The molecule has 0 aliphatic carbocycles. The molecule has 0 unspecified atom stereocenters. The number of nitrogens with zero attached hydrogens (tertiary/aromatic N) is 3. The first-order valence-electron chi connectivity index (χ1n) is 11.1. The van der Waals surface area contributed by atoms with Gasteiger partial charge < -0.3 is 14.4 Å². The SMILES string of the molecule is Cc1ccc(C(C)C)c(OCC(=O)N=Nc2c(O)n(Cc3ccccc3Cl)c3ccccc23)c1. The molecule has 0 bridgehead atoms. The number of amides is 1. The molecule has 34 heavy (non-hydrogen) atoms. The standard InChI is InChI=1S/C27H26ClN3O3/c1-17(2)20-13-12-18(3)14-24(20)34-16-25(32)29-30-26-21-9-5-7-11-23(21)31(27(26)33)15-19-8-4-6-10-22(19)28/h4-14,17,33H,15-16H2,1-3H3. The van der Waals surface area contributed by atoms with Crippen molar-refractivity contribution in [2.24, 2.45) is 10.2 Å². The van der Waals surface area contributed by atoms with Gasteiger partial charge in [0.05, 0.1) is 12.1 Å². The summed E-state index contributed by atoms with van der Waals surface area (Å²) in [5.41, 5.74) is 3.92. The molecule has 0 fully saturated rings. The fraction of sp³-hybridized carbons (Fsp3) is 0.222. The van der Waals surface area contributed by atoms with Crippen molar-refractivity contribution in [2.75, 3.05) is 6.61 Å². The van der Waals surface area contributed by atoms with Gasteiger partial charge in [-0.15, -0.1) is 10.2 Å². The summed E-state index contributed by atoms with van der Waals surface area (Å²) in [4.78, 5) is 12.5. The molecule has 1 heterocycles. The number of aryl methyl sites for hydroxylation is 1. The highest BCUT2D eigenvalue weighted by Crippen LogP contribution is 2.39. The van der Waals surface area contributed by atoms with Crippen molar-refractivity contribution >= 4 is 34.1 Å². The molecule has 174 valence electrons. The Kier molecular flexibility index (Phi) is 6.98. The zero-order chi connectivity index (χ0) is 24.2. The molecule has 6 nitrogen and oxygen atoms in total. The Morgan fingerprint density at radius 2 is 1.82 bits per heavy atom. The molecule has 0 saturated heterocycles. The summed E-state index contributed by atoms with van der Waals surface area (Å²) < 4.78 is 7.46. The summed E-state index contributed by atoms with van der Waals surface area (Å²) >= 11 is 6.32. The maximum atomic E-state index is 12.5. The predicted octanol–water partition coefficient (Wildman–Crippen LogP) is 7.17. The lowest BCUT2D eigenvalue weighted by molar-refractivity contribution is -0.120. The van der Waals surface area contributed by atoms with Gasteiger partial charge in [-0.2, -0.15) is 0 Å². The third-order valence-electron chi connectivity index (χ3n) is 5.61. The van der Waals surface area contributed by atoms with E-state index in [9.17, 15) is 9.90 Å². The molecule has 3 aromatic carbocycles. The zero-order valence-corrected chi connectivity index (χ0v) is 20.1. The molecule has 1 aromatic heterocycles. The van der Waals surface area contributed by atoms with Crippen LogP contribution in [0.1, 0.15) is 36.5 Å². The van der Waals surface area contributed by atoms with E-state index in [4.69, 9.17) is 16.3 Å². The molecule has 1 N–H and O–H groups in total. The monoisotopic (exact) mass is 475 g/mol. The molecular formula is C27H26ClN3O3. The third kappa shape index (κ3) is 4.97. The maximum absolute atomic E-state index is 12.5. The number of fused-ring (bicyclic) bond motifs is 1. The second-order valence-electron chi connectivity index (χ2n) is 8.45. The van der Waals surface area contributed by atoms with Crippen LogP contribution in [-0.4, -0.2) is 22.2 Å². The number of hydrogen-bond acceptors (Lipinski definition) is 4. The van der Waals surface area contributed by atoms with Crippen LogP contribution >= 0.6 is 11.6 Å². The number of aromatic hydroxyl groups is 1. The number of carbonyl (C=O) groups excluding carboxylic acids is 1. The summed E-state index contributed by atoms with van der Waals surface area (Å²) in [5, 5.41) is 20.1. The van der Waals surface area contributed by atoms with Crippen LogP contribution in [0, 0.1) is 6.92 Å². The minimum atomic E-state index is -0.543. The van der Waals surface area contributed by atoms with Gasteiger partial charge in [0.1, 0.15) is 5.75 Å². The van der Waals surface area contributed by atoms with Crippen molar-refractivity contribution in [3.8, 4) is 11.6 Å². The summed E-state index contributed by atoms with van der Waals surface area (Å²) in [6.45, 7) is 6.22. The van der Waals surface area contributed by atoms with E-state index in [0.717, 1.165) is 22.2 Å². The summed E-state index contributed by atoms with van der Waals surface area (Å²) in [6.07, 6.45) is 0. The normalized spacial score (nSPS) is 11.6. The molecule has 0 saturated carbocycles. The van der Waals surface area contributed by atoms with Gasteiger partial charge >= 0.3 is 5.91 Å². The smallest absolute Gasteiger partial charge is 0.302 e. The predicted molar refractivity (Wildman–Crippen MR) is 134 cm³/mol. The van der Waals surface area contributed by atoms with Crippen molar-refractivity contribution in [1.29, 1.82) is 0 Å². The van der Waals surface area contributed by atoms with Crippen LogP contribution < -0.4 is 4.74 Å². The van der Waals surface area contributed by atoms with Crippen molar-refractivity contribution in [1.82, 2.24) is 4.57 Å². The molecule has 7 heteroatoms. The number of carbonyl (C=O) groups is 1. The molecule has 0 spiro atoms. The maximum Gasteiger partial charge on any atom is 0.302 e. The Labute approximate surface area is 203 Å². The van der Waals surface area contributed by atoms with Crippen LogP contribution in [0.4, 0.5) is 5.69 Å². The molecule has 4 aromatic rings. The van der Waals surface area contributed by atoms with E-state index in [2.05, 4.69) is 24.1 Å². The lowest BCUT2D eigenvalue weighted by atomic mass is 10.0. The Morgan fingerprint density at radius 3 is 2.59 bits per heavy atom. The van der Waals surface area contributed by atoms with Crippen LogP contribution in [0.2, 0.25) is 5.02 Å². The van der Waals surface area contributed by atoms with Crippen molar-refractivity contribution < 1.29 is 14.6 Å². The van der Waals surface area contributed by atoms with Gasteiger partial charge in [-0.25, -0.2) is 0 Å². The van der Waals surface area contributed by atoms with Crippen molar-refractivity contribution in [2.45, 2.75) is 33.2 Å². The van der Waals surface area contributed by atoms with Crippen LogP contribution in [0.15, 0.2) is 77.0 Å². The minimum absolute atomic E-state index is 0.0839. The van der Waals surface area contributed by atoms with E-state index in [0.29, 0.717) is 22.7 Å². The number of azo groups is 1. The molecule has 1 amide bonds. The third-order valence-corrected chi connectivity index (χ3v) is 5.98. The molecule has 0 aliphatic rings. The Hall–Kier alpha value is -3.64. The highest BCUT2D eigenvalue weighted by molar-refractivity contribution is 6.31. The highest BCUT2D eigenvalue weighted by atomic mass is 35.5. The van der Waals surface area contributed by atoms with Crippen LogP contribution in [0.3, 0.4) is 0 Å². The van der Waals surface area contributed by atoms with Crippen LogP contribution in [-0.2, 0) is 11.3 Å². The average Bonchev–Trinajstić information content (AvgIpc) is 3.08. The first-order chi connectivity index (χ1) is 16.3. The number of para-hydroxylation sites is 1. The Balaban J connectivity index is 1.57.